The fourth-order valence-corrected chi connectivity index (χ4v) is 2.88. The molecule has 4 rings (SSSR count). The van der Waals surface area contributed by atoms with Gasteiger partial charge in [-0.25, -0.2) is 15.0 Å². The first-order chi connectivity index (χ1) is 12.7. The van der Waals surface area contributed by atoms with Crippen LogP contribution in [0, 0.1) is 6.92 Å². The average Bonchev–Trinajstić information content (AvgIpc) is 3.09. The molecule has 0 atom stereocenters. The van der Waals surface area contributed by atoms with E-state index in [1.54, 1.807) is 17.3 Å². The largest absolute Gasteiger partial charge is 0.364 e. The molecule has 0 aliphatic carbocycles. The molecule has 8 heteroatoms. The van der Waals surface area contributed by atoms with Crippen LogP contribution < -0.4 is 5.32 Å². The Hall–Kier alpha value is -3.29. The number of rotatable bonds is 4. The first-order valence-corrected chi connectivity index (χ1v) is 8.47. The van der Waals surface area contributed by atoms with Gasteiger partial charge in [-0.05, 0) is 19.1 Å². The Morgan fingerprint density at radius 1 is 1.19 bits per heavy atom. The van der Waals surface area contributed by atoms with Gasteiger partial charge in [0.25, 0.3) is 5.91 Å². The van der Waals surface area contributed by atoms with Gasteiger partial charge in [0.15, 0.2) is 0 Å². The topological polar surface area (TPSA) is 88.8 Å². The molecule has 132 valence electrons. The number of carbonyl (C=O) groups excluding carboxylic acids is 1. The van der Waals surface area contributed by atoms with Crippen molar-refractivity contribution in [3.05, 3.63) is 65.9 Å². The van der Waals surface area contributed by atoms with Gasteiger partial charge in [0.05, 0.1) is 30.7 Å². The third-order valence-electron chi connectivity index (χ3n) is 4.25. The summed E-state index contributed by atoms with van der Waals surface area (Å²) in [5, 5.41) is 3.25. The maximum Gasteiger partial charge on any atom is 0.274 e. The molecule has 0 saturated heterocycles. The summed E-state index contributed by atoms with van der Waals surface area (Å²) in [7, 11) is 0. The summed E-state index contributed by atoms with van der Waals surface area (Å²) >= 11 is 0. The predicted molar refractivity (Wildman–Crippen MR) is 95.3 cm³/mol. The van der Waals surface area contributed by atoms with Crippen molar-refractivity contribution in [1.82, 2.24) is 29.4 Å². The zero-order valence-corrected chi connectivity index (χ0v) is 14.5. The molecular weight excluding hydrogens is 330 g/mol. The quantitative estimate of drug-likeness (QED) is 0.770. The van der Waals surface area contributed by atoms with Gasteiger partial charge in [-0.3, -0.25) is 9.78 Å². The van der Waals surface area contributed by atoms with Crippen LogP contribution >= 0.6 is 0 Å². The summed E-state index contributed by atoms with van der Waals surface area (Å²) in [6.45, 7) is 4.26. The van der Waals surface area contributed by atoms with Crippen LogP contribution in [0.1, 0.15) is 27.7 Å². The van der Waals surface area contributed by atoms with Gasteiger partial charge in [0.1, 0.15) is 17.3 Å². The lowest BCUT2D eigenvalue weighted by molar-refractivity contribution is 0.0701. The molecule has 1 amide bonds. The molecule has 1 aliphatic rings. The molecule has 4 heterocycles. The van der Waals surface area contributed by atoms with E-state index in [2.05, 4.69) is 29.8 Å². The SMILES string of the molecule is Cc1cnc(C(=O)N2CCn3cc(CNc4ccccn4)nc3C2)cn1. The summed E-state index contributed by atoms with van der Waals surface area (Å²) in [4.78, 5) is 31.6. The molecule has 0 fully saturated rings. The van der Waals surface area contributed by atoms with Gasteiger partial charge >= 0.3 is 0 Å². The van der Waals surface area contributed by atoms with E-state index in [4.69, 9.17) is 0 Å². The summed E-state index contributed by atoms with van der Waals surface area (Å²) in [6, 6.07) is 5.73. The third kappa shape index (κ3) is 3.39. The molecule has 0 unspecified atom stereocenters. The van der Waals surface area contributed by atoms with E-state index in [0.29, 0.717) is 25.3 Å². The molecule has 3 aromatic heterocycles. The Morgan fingerprint density at radius 2 is 2.12 bits per heavy atom. The van der Waals surface area contributed by atoms with Gasteiger partial charge in [-0.15, -0.1) is 0 Å². The molecule has 0 radical (unpaired) electrons. The number of anilines is 1. The van der Waals surface area contributed by atoms with Crippen molar-refractivity contribution in [2.75, 3.05) is 11.9 Å². The number of fused-ring (bicyclic) bond motifs is 1. The van der Waals surface area contributed by atoms with Crippen LogP contribution in [-0.4, -0.2) is 41.9 Å². The molecular formula is C18H19N7O. The molecule has 0 bridgehead atoms. The Kier molecular flexibility index (Phi) is 4.30. The minimum atomic E-state index is -0.111. The highest BCUT2D eigenvalue weighted by Crippen LogP contribution is 2.15. The summed E-state index contributed by atoms with van der Waals surface area (Å²) in [6.07, 6.45) is 6.91. The van der Waals surface area contributed by atoms with Crippen LogP contribution in [-0.2, 0) is 19.6 Å². The fraction of sp³-hybridized carbons (Fsp3) is 0.278. The monoisotopic (exact) mass is 349 g/mol. The van der Waals surface area contributed by atoms with Crippen molar-refractivity contribution in [3.63, 3.8) is 0 Å². The number of aromatic nitrogens is 5. The summed E-state index contributed by atoms with van der Waals surface area (Å²) < 4.78 is 2.10. The second kappa shape index (κ2) is 6.91. The average molecular weight is 349 g/mol. The van der Waals surface area contributed by atoms with Gasteiger partial charge < -0.3 is 14.8 Å². The zero-order chi connectivity index (χ0) is 17.9. The minimum Gasteiger partial charge on any atom is -0.364 e. The molecule has 26 heavy (non-hydrogen) atoms. The fourth-order valence-electron chi connectivity index (χ4n) is 2.88. The van der Waals surface area contributed by atoms with Crippen LogP contribution in [0.25, 0.3) is 0 Å². The summed E-state index contributed by atoms with van der Waals surface area (Å²) in [5.41, 5.74) is 2.09. The minimum absolute atomic E-state index is 0.111. The number of hydrogen-bond donors (Lipinski definition) is 1. The number of imidazole rings is 1. The molecule has 8 nitrogen and oxygen atoms in total. The number of pyridine rings is 1. The van der Waals surface area contributed by atoms with E-state index in [-0.39, 0.29) is 5.91 Å². The lowest BCUT2D eigenvalue weighted by Gasteiger charge is -2.27. The van der Waals surface area contributed by atoms with Crippen molar-refractivity contribution in [2.45, 2.75) is 26.6 Å². The van der Waals surface area contributed by atoms with Crippen molar-refractivity contribution in [3.8, 4) is 0 Å². The number of nitrogens with zero attached hydrogens (tertiary/aromatic N) is 6. The smallest absolute Gasteiger partial charge is 0.274 e. The van der Waals surface area contributed by atoms with E-state index in [9.17, 15) is 4.79 Å². The van der Waals surface area contributed by atoms with Crippen molar-refractivity contribution in [1.29, 1.82) is 0 Å². The molecule has 1 N–H and O–H groups in total. The van der Waals surface area contributed by atoms with Crippen LogP contribution in [0.3, 0.4) is 0 Å². The Bertz CT molecular complexity index is 905. The van der Waals surface area contributed by atoms with E-state index in [1.807, 2.05) is 31.3 Å². The normalized spacial score (nSPS) is 13.3. The van der Waals surface area contributed by atoms with E-state index < -0.39 is 0 Å². The molecule has 1 aliphatic heterocycles. The van der Waals surface area contributed by atoms with Crippen LogP contribution in [0.5, 0.6) is 0 Å². The number of aryl methyl sites for hydroxylation is 1. The second-order valence-electron chi connectivity index (χ2n) is 6.18. The van der Waals surface area contributed by atoms with Gasteiger partial charge in [0, 0.05) is 31.7 Å². The Balaban J connectivity index is 1.43. The predicted octanol–water partition coefficient (Wildman–Crippen LogP) is 1.64. The van der Waals surface area contributed by atoms with Crippen LogP contribution in [0.4, 0.5) is 5.82 Å². The molecule has 0 aromatic carbocycles. The molecule has 0 spiro atoms. The Morgan fingerprint density at radius 3 is 2.88 bits per heavy atom. The van der Waals surface area contributed by atoms with Gasteiger partial charge in [0.2, 0.25) is 0 Å². The number of carbonyl (C=O) groups is 1. The lowest BCUT2D eigenvalue weighted by Crippen LogP contribution is -2.38. The van der Waals surface area contributed by atoms with Crippen molar-refractivity contribution >= 4 is 11.7 Å². The first kappa shape index (κ1) is 16.2. The van der Waals surface area contributed by atoms with E-state index >= 15 is 0 Å². The number of nitrogens with one attached hydrogen (secondary N) is 1. The maximum atomic E-state index is 12.6. The molecule has 3 aromatic rings. The van der Waals surface area contributed by atoms with Gasteiger partial charge in [-0.1, -0.05) is 6.07 Å². The van der Waals surface area contributed by atoms with Crippen molar-refractivity contribution < 1.29 is 4.79 Å². The van der Waals surface area contributed by atoms with Crippen LogP contribution in [0.15, 0.2) is 43.0 Å². The first-order valence-electron chi connectivity index (χ1n) is 8.47. The third-order valence-corrected chi connectivity index (χ3v) is 4.25. The highest BCUT2D eigenvalue weighted by Gasteiger charge is 2.24. The van der Waals surface area contributed by atoms with E-state index in [1.165, 1.54) is 6.20 Å². The highest BCUT2D eigenvalue weighted by molar-refractivity contribution is 5.92. The zero-order valence-electron chi connectivity index (χ0n) is 14.5. The van der Waals surface area contributed by atoms with Crippen LogP contribution in [0.2, 0.25) is 0 Å². The lowest BCUT2D eigenvalue weighted by atomic mass is 10.3. The number of hydrogen-bond acceptors (Lipinski definition) is 6. The highest BCUT2D eigenvalue weighted by atomic mass is 16.2. The second-order valence-corrected chi connectivity index (χ2v) is 6.18. The van der Waals surface area contributed by atoms with Crippen molar-refractivity contribution in [2.24, 2.45) is 0 Å². The standard InChI is InChI=1S/C18H19N7O/c1-13-8-21-15(10-20-13)18(26)25-7-6-24-11-14(23-17(24)12-25)9-22-16-4-2-3-5-19-16/h2-5,8,10-11H,6-7,9,12H2,1H3,(H,19,22). The van der Waals surface area contributed by atoms with Gasteiger partial charge in [-0.2, -0.15) is 0 Å². The summed E-state index contributed by atoms with van der Waals surface area (Å²) in [5.74, 6) is 1.58. The molecule has 0 saturated carbocycles. The number of amides is 1. The Labute approximate surface area is 150 Å². The maximum absolute atomic E-state index is 12.6. The van der Waals surface area contributed by atoms with E-state index in [0.717, 1.165) is 29.6 Å².